The molecule has 0 unspecified atom stereocenters. The molecule has 0 aliphatic carbocycles. The van der Waals surface area contributed by atoms with E-state index in [1.807, 2.05) is 31.2 Å². The van der Waals surface area contributed by atoms with Crippen molar-refractivity contribution in [2.75, 3.05) is 5.32 Å². The number of aryl methyl sites for hydroxylation is 1. The van der Waals surface area contributed by atoms with Gasteiger partial charge < -0.3 is 9.73 Å². The summed E-state index contributed by atoms with van der Waals surface area (Å²) in [6.07, 6.45) is -4.37. The molecular weight excluding hydrogens is 319 g/mol. The fraction of sp³-hybridized carbons (Fsp3) is 0.176. The zero-order valence-electron chi connectivity index (χ0n) is 12.8. The van der Waals surface area contributed by atoms with Crippen molar-refractivity contribution < 1.29 is 17.6 Å². The smallest absolute Gasteiger partial charge is 0.416 e. The summed E-state index contributed by atoms with van der Waals surface area (Å²) >= 11 is 0. The topological polar surface area (TPSA) is 51.0 Å². The first-order chi connectivity index (χ1) is 11.4. The van der Waals surface area contributed by atoms with E-state index in [1.165, 1.54) is 6.07 Å². The van der Waals surface area contributed by atoms with Gasteiger partial charge in [-0.15, -0.1) is 10.2 Å². The number of nitrogens with zero attached hydrogens (tertiary/aromatic N) is 2. The number of alkyl halides is 3. The summed E-state index contributed by atoms with van der Waals surface area (Å²) in [6.45, 7) is 2.11. The molecule has 4 nitrogen and oxygen atoms in total. The molecule has 3 rings (SSSR count). The van der Waals surface area contributed by atoms with Crippen LogP contribution in [0.2, 0.25) is 0 Å². The second kappa shape index (κ2) is 6.35. The van der Waals surface area contributed by atoms with Gasteiger partial charge in [0.1, 0.15) is 0 Å². The number of anilines is 1. The Bertz CT molecular complexity index is 826. The molecule has 0 aliphatic rings. The second-order valence-electron chi connectivity index (χ2n) is 5.30. The summed E-state index contributed by atoms with van der Waals surface area (Å²) in [4.78, 5) is 0. The molecule has 1 aromatic heterocycles. The summed E-state index contributed by atoms with van der Waals surface area (Å²) in [5.74, 6) is 0.666. The highest BCUT2D eigenvalue weighted by Gasteiger charge is 2.30. The fourth-order valence-corrected chi connectivity index (χ4v) is 2.12. The summed E-state index contributed by atoms with van der Waals surface area (Å²) < 4.78 is 43.6. The Morgan fingerprint density at radius 1 is 1.04 bits per heavy atom. The van der Waals surface area contributed by atoms with Gasteiger partial charge in [0, 0.05) is 11.3 Å². The number of halogens is 3. The van der Waals surface area contributed by atoms with E-state index < -0.39 is 11.7 Å². The van der Waals surface area contributed by atoms with Crippen molar-refractivity contribution in [1.29, 1.82) is 0 Å². The SMILES string of the molecule is Cc1ccc(-c2nnc(CNc3cccc(C(F)(F)F)c3)o2)cc1. The first kappa shape index (κ1) is 16.0. The first-order valence-electron chi connectivity index (χ1n) is 7.22. The molecule has 2 aromatic carbocycles. The highest BCUT2D eigenvalue weighted by molar-refractivity contribution is 5.53. The number of benzene rings is 2. The average Bonchev–Trinajstić information content (AvgIpc) is 3.02. The van der Waals surface area contributed by atoms with E-state index >= 15 is 0 Å². The molecule has 0 saturated carbocycles. The molecule has 0 aliphatic heterocycles. The predicted molar refractivity (Wildman–Crippen MR) is 83.2 cm³/mol. The molecule has 0 fully saturated rings. The number of hydrogen-bond donors (Lipinski definition) is 1. The highest BCUT2D eigenvalue weighted by Crippen LogP contribution is 2.30. The largest absolute Gasteiger partial charge is 0.419 e. The summed E-state index contributed by atoms with van der Waals surface area (Å²) in [7, 11) is 0. The molecule has 3 aromatic rings. The standard InChI is InChI=1S/C17H14F3N3O/c1-11-5-7-12(8-6-11)16-23-22-15(24-16)10-21-14-4-2-3-13(9-14)17(18,19)20/h2-9,21H,10H2,1H3. The quantitative estimate of drug-likeness (QED) is 0.753. The Morgan fingerprint density at radius 2 is 1.79 bits per heavy atom. The second-order valence-corrected chi connectivity index (χ2v) is 5.30. The van der Waals surface area contributed by atoms with Crippen LogP contribution in [0.25, 0.3) is 11.5 Å². The first-order valence-corrected chi connectivity index (χ1v) is 7.22. The summed E-state index contributed by atoms with van der Waals surface area (Å²) in [5.41, 5.74) is 1.53. The lowest BCUT2D eigenvalue weighted by molar-refractivity contribution is -0.137. The minimum Gasteiger partial charge on any atom is -0.419 e. The van der Waals surface area contributed by atoms with Crippen LogP contribution >= 0.6 is 0 Å². The van der Waals surface area contributed by atoms with Gasteiger partial charge in [0.25, 0.3) is 0 Å². The van der Waals surface area contributed by atoms with Crippen molar-refractivity contribution in [2.45, 2.75) is 19.6 Å². The third-order valence-corrected chi connectivity index (χ3v) is 3.40. The molecule has 1 N–H and O–H groups in total. The summed E-state index contributed by atoms with van der Waals surface area (Å²) in [6, 6.07) is 12.5. The van der Waals surface area contributed by atoms with Crippen LogP contribution in [0, 0.1) is 6.92 Å². The van der Waals surface area contributed by atoms with E-state index in [4.69, 9.17) is 4.42 Å². The van der Waals surface area contributed by atoms with Crippen LogP contribution in [0.15, 0.2) is 52.9 Å². The van der Waals surface area contributed by atoms with Crippen molar-refractivity contribution in [3.05, 3.63) is 65.5 Å². The Morgan fingerprint density at radius 3 is 2.50 bits per heavy atom. The Labute approximate surface area is 136 Å². The van der Waals surface area contributed by atoms with Crippen molar-refractivity contribution in [1.82, 2.24) is 10.2 Å². The van der Waals surface area contributed by atoms with Gasteiger partial charge in [-0.25, -0.2) is 0 Å². The molecule has 0 saturated heterocycles. The van der Waals surface area contributed by atoms with Gasteiger partial charge in [0.15, 0.2) is 0 Å². The van der Waals surface area contributed by atoms with E-state index in [9.17, 15) is 13.2 Å². The van der Waals surface area contributed by atoms with Crippen LogP contribution in [0.4, 0.5) is 18.9 Å². The molecule has 7 heteroatoms. The van der Waals surface area contributed by atoms with E-state index in [0.29, 0.717) is 17.5 Å². The lowest BCUT2D eigenvalue weighted by atomic mass is 10.1. The molecule has 0 radical (unpaired) electrons. The average molecular weight is 333 g/mol. The number of rotatable bonds is 4. The lowest BCUT2D eigenvalue weighted by Crippen LogP contribution is -2.06. The maximum atomic E-state index is 12.7. The van der Waals surface area contributed by atoms with Crippen LogP contribution in [0.5, 0.6) is 0 Å². The molecule has 0 bridgehead atoms. The van der Waals surface area contributed by atoms with E-state index in [0.717, 1.165) is 23.3 Å². The van der Waals surface area contributed by atoms with Crippen molar-refractivity contribution >= 4 is 5.69 Å². The van der Waals surface area contributed by atoms with E-state index in [1.54, 1.807) is 6.07 Å². The van der Waals surface area contributed by atoms with Crippen molar-refractivity contribution in [3.63, 3.8) is 0 Å². The Kier molecular flexibility index (Phi) is 4.24. The number of aromatic nitrogens is 2. The highest BCUT2D eigenvalue weighted by atomic mass is 19.4. The molecule has 24 heavy (non-hydrogen) atoms. The van der Waals surface area contributed by atoms with Crippen LogP contribution in [-0.4, -0.2) is 10.2 Å². The molecule has 124 valence electrons. The Hall–Kier alpha value is -2.83. The van der Waals surface area contributed by atoms with Crippen LogP contribution in [0.3, 0.4) is 0 Å². The van der Waals surface area contributed by atoms with Gasteiger partial charge in [0.05, 0.1) is 12.1 Å². The lowest BCUT2D eigenvalue weighted by Gasteiger charge is -2.09. The molecule has 1 heterocycles. The van der Waals surface area contributed by atoms with Gasteiger partial charge in [-0.05, 0) is 37.3 Å². The third kappa shape index (κ3) is 3.73. The van der Waals surface area contributed by atoms with Gasteiger partial charge in [-0.2, -0.15) is 13.2 Å². The normalized spacial score (nSPS) is 11.5. The van der Waals surface area contributed by atoms with Gasteiger partial charge in [-0.3, -0.25) is 0 Å². The maximum Gasteiger partial charge on any atom is 0.416 e. The molecular formula is C17H14F3N3O. The van der Waals surface area contributed by atoms with Gasteiger partial charge in [0.2, 0.25) is 11.8 Å². The molecule has 0 atom stereocenters. The molecule has 0 spiro atoms. The Balaban J connectivity index is 1.69. The molecule has 0 amide bonds. The van der Waals surface area contributed by atoms with Crippen LogP contribution in [-0.2, 0) is 12.7 Å². The fourth-order valence-electron chi connectivity index (χ4n) is 2.12. The minimum atomic E-state index is -4.37. The predicted octanol–water partition coefficient (Wildman–Crippen LogP) is 4.68. The third-order valence-electron chi connectivity index (χ3n) is 3.40. The van der Waals surface area contributed by atoms with Gasteiger partial charge >= 0.3 is 6.18 Å². The van der Waals surface area contributed by atoms with Crippen molar-refractivity contribution in [3.8, 4) is 11.5 Å². The number of hydrogen-bond acceptors (Lipinski definition) is 4. The maximum absolute atomic E-state index is 12.7. The van der Waals surface area contributed by atoms with E-state index in [2.05, 4.69) is 15.5 Å². The van der Waals surface area contributed by atoms with Crippen molar-refractivity contribution in [2.24, 2.45) is 0 Å². The monoisotopic (exact) mass is 333 g/mol. The zero-order valence-corrected chi connectivity index (χ0v) is 12.8. The zero-order chi connectivity index (χ0) is 17.2. The summed E-state index contributed by atoms with van der Waals surface area (Å²) in [5, 5.41) is 10.7. The number of nitrogens with one attached hydrogen (secondary N) is 1. The van der Waals surface area contributed by atoms with Crippen LogP contribution in [0.1, 0.15) is 17.0 Å². The van der Waals surface area contributed by atoms with Gasteiger partial charge in [-0.1, -0.05) is 23.8 Å². The minimum absolute atomic E-state index is 0.139. The van der Waals surface area contributed by atoms with E-state index in [-0.39, 0.29) is 6.54 Å². The van der Waals surface area contributed by atoms with Crippen LogP contribution < -0.4 is 5.32 Å².